The summed E-state index contributed by atoms with van der Waals surface area (Å²) in [5.74, 6) is 0.885. The first-order chi connectivity index (χ1) is 20.5. The highest BCUT2D eigenvalue weighted by atomic mass is 32.2. The molecule has 4 bridgehead atoms. The number of amides is 1. The summed E-state index contributed by atoms with van der Waals surface area (Å²) in [4.78, 5) is 21.1. The van der Waals surface area contributed by atoms with Crippen molar-refractivity contribution in [3.8, 4) is 17.0 Å². The second-order valence-corrected chi connectivity index (χ2v) is 14.8. The second-order valence-electron chi connectivity index (χ2n) is 13.1. The molecular formula is C34H46N4O4S. The van der Waals surface area contributed by atoms with E-state index in [1.165, 1.54) is 12.1 Å². The number of anilines is 1. The molecule has 232 valence electrons. The van der Waals surface area contributed by atoms with Gasteiger partial charge in [-0.2, -0.15) is 0 Å². The predicted octanol–water partition coefficient (Wildman–Crippen LogP) is 6.44. The minimum Gasteiger partial charge on any atom is -0.491 e. The number of hydrogen-bond donors (Lipinski definition) is 2. The Morgan fingerprint density at radius 3 is 2.44 bits per heavy atom. The van der Waals surface area contributed by atoms with Crippen molar-refractivity contribution >= 4 is 21.7 Å². The smallest absolute Gasteiger partial charge is 0.263 e. The normalized spacial score (nSPS) is 21.7. The number of carbonyl (C=O) groups excluding carboxylic acids is 1. The van der Waals surface area contributed by atoms with Gasteiger partial charge in [-0.05, 0) is 99.7 Å². The van der Waals surface area contributed by atoms with Gasteiger partial charge in [0, 0.05) is 32.2 Å². The van der Waals surface area contributed by atoms with Gasteiger partial charge in [-0.3, -0.25) is 9.52 Å². The highest BCUT2D eigenvalue weighted by molar-refractivity contribution is 7.92. The van der Waals surface area contributed by atoms with Crippen molar-refractivity contribution in [2.75, 3.05) is 24.4 Å². The molecule has 1 amide bonds. The topological polar surface area (TPSA) is 101 Å². The minimum atomic E-state index is -4.03. The molecule has 2 N–H and O–H groups in total. The minimum absolute atomic E-state index is 0. The van der Waals surface area contributed by atoms with Crippen LogP contribution in [0.1, 0.15) is 70.3 Å². The van der Waals surface area contributed by atoms with Gasteiger partial charge in [0.1, 0.15) is 18.2 Å². The third-order valence-electron chi connectivity index (χ3n) is 9.37. The van der Waals surface area contributed by atoms with Gasteiger partial charge < -0.3 is 15.0 Å². The zero-order chi connectivity index (χ0) is 30.4. The van der Waals surface area contributed by atoms with Crippen LogP contribution in [-0.2, 0) is 10.0 Å². The first-order valence-electron chi connectivity index (χ1n) is 15.4. The zero-order valence-electron chi connectivity index (χ0n) is 25.5. The molecule has 2 aromatic carbocycles. The van der Waals surface area contributed by atoms with Gasteiger partial charge in [0.25, 0.3) is 15.9 Å². The van der Waals surface area contributed by atoms with E-state index >= 15 is 0 Å². The number of pyridine rings is 1. The number of aryl methyl sites for hydroxylation is 2. The van der Waals surface area contributed by atoms with Crippen LogP contribution in [0.25, 0.3) is 11.3 Å². The summed E-state index contributed by atoms with van der Waals surface area (Å²) >= 11 is 0. The SMILES string of the molecule is Cc1cccc(C)c1-c1cc2cc(n1)NS(=O)(=O)c1cccc(c1)C(=O)N(C1CC3(CCNCC3)C1)[C@H](CC(C)C)CO2.[HH].[HH]. The lowest BCUT2D eigenvalue weighted by Gasteiger charge is -2.55. The first kappa shape index (κ1) is 29.6. The number of hydrogen-bond acceptors (Lipinski definition) is 6. The van der Waals surface area contributed by atoms with Crippen molar-refractivity contribution in [3.05, 3.63) is 71.3 Å². The fourth-order valence-corrected chi connectivity index (χ4v) is 8.30. The van der Waals surface area contributed by atoms with Crippen LogP contribution in [0.5, 0.6) is 5.75 Å². The molecule has 6 rings (SSSR count). The summed E-state index contributed by atoms with van der Waals surface area (Å²) in [6.45, 7) is 10.7. The molecule has 2 aliphatic heterocycles. The molecule has 1 spiro atoms. The Balaban J connectivity index is 0.00000230. The third kappa shape index (κ3) is 6.02. The molecule has 3 aliphatic rings. The van der Waals surface area contributed by atoms with Crippen LogP contribution in [0.4, 0.5) is 5.82 Å². The lowest BCUT2D eigenvalue weighted by molar-refractivity contribution is -0.0365. The Morgan fingerprint density at radius 2 is 1.74 bits per heavy atom. The van der Waals surface area contributed by atoms with E-state index in [0.29, 0.717) is 29.5 Å². The van der Waals surface area contributed by atoms with E-state index in [1.807, 2.05) is 43.0 Å². The van der Waals surface area contributed by atoms with Crippen molar-refractivity contribution in [2.45, 2.75) is 76.8 Å². The Labute approximate surface area is 258 Å². The van der Waals surface area contributed by atoms with E-state index in [2.05, 4.69) is 23.9 Å². The zero-order valence-corrected chi connectivity index (χ0v) is 26.3. The van der Waals surface area contributed by atoms with Crippen LogP contribution >= 0.6 is 0 Å². The molecule has 3 aromatic rings. The quantitative estimate of drug-likeness (QED) is 0.355. The van der Waals surface area contributed by atoms with Crippen molar-refractivity contribution in [2.24, 2.45) is 11.3 Å². The number of benzene rings is 2. The highest BCUT2D eigenvalue weighted by Gasteiger charge is 2.49. The molecule has 2 fully saturated rings. The average molecular weight is 607 g/mol. The van der Waals surface area contributed by atoms with Gasteiger partial charge in [-0.15, -0.1) is 0 Å². The van der Waals surface area contributed by atoms with Crippen LogP contribution < -0.4 is 14.8 Å². The molecule has 1 saturated carbocycles. The first-order valence-corrected chi connectivity index (χ1v) is 16.9. The van der Waals surface area contributed by atoms with Crippen molar-refractivity contribution < 1.29 is 20.8 Å². The molecule has 8 nitrogen and oxygen atoms in total. The number of piperidine rings is 1. The van der Waals surface area contributed by atoms with E-state index in [9.17, 15) is 13.2 Å². The van der Waals surface area contributed by atoms with Crippen LogP contribution in [0.15, 0.2) is 59.5 Å². The summed E-state index contributed by atoms with van der Waals surface area (Å²) in [5.41, 5.74) is 4.30. The van der Waals surface area contributed by atoms with Gasteiger partial charge in [-0.1, -0.05) is 38.1 Å². The summed E-state index contributed by atoms with van der Waals surface area (Å²) in [6.07, 6.45) is 4.94. The number of sulfonamides is 1. The van der Waals surface area contributed by atoms with Crippen molar-refractivity contribution in [1.82, 2.24) is 15.2 Å². The Morgan fingerprint density at radius 1 is 1.05 bits per heavy atom. The lowest BCUT2D eigenvalue weighted by atomic mass is 9.60. The van der Waals surface area contributed by atoms with E-state index in [1.54, 1.807) is 18.2 Å². The molecule has 1 saturated heterocycles. The molecule has 1 atom stereocenters. The summed E-state index contributed by atoms with van der Waals surface area (Å²) < 4.78 is 36.4. The number of carbonyl (C=O) groups is 1. The van der Waals surface area contributed by atoms with E-state index in [0.717, 1.165) is 61.9 Å². The Hall–Kier alpha value is -3.43. The fraction of sp³-hybridized carbons (Fsp3) is 0.471. The van der Waals surface area contributed by atoms with Crippen molar-refractivity contribution in [3.63, 3.8) is 0 Å². The van der Waals surface area contributed by atoms with E-state index in [4.69, 9.17) is 9.72 Å². The maximum Gasteiger partial charge on any atom is 0.263 e. The number of nitrogens with one attached hydrogen (secondary N) is 2. The van der Waals surface area contributed by atoms with Gasteiger partial charge in [0.05, 0.1) is 16.6 Å². The fourth-order valence-electron chi connectivity index (χ4n) is 7.26. The summed E-state index contributed by atoms with van der Waals surface area (Å²) in [6, 6.07) is 15.8. The second kappa shape index (κ2) is 11.6. The number of nitrogens with zero attached hydrogens (tertiary/aromatic N) is 2. The lowest BCUT2D eigenvalue weighted by Crippen LogP contribution is -2.59. The number of aromatic nitrogens is 1. The summed E-state index contributed by atoms with van der Waals surface area (Å²) in [7, 11) is -4.03. The molecular weight excluding hydrogens is 560 g/mol. The standard InChI is InChI=1S/C34H42N4O4S.2H2/c1-22(2)15-26-21-42-28-17-30(32-23(3)7-5-8-24(32)4)36-31(18-28)37-43(40,41)29-10-6-9-25(16-29)33(39)38(26)27-19-34(20-27)11-13-35-14-12-34;;/h5-10,16-18,22,26-27,35H,11-15,19-21H2,1-4H3,(H,36,37);2*1H/t26-;;/m1../s1. The molecule has 1 aromatic heterocycles. The predicted molar refractivity (Wildman–Crippen MR) is 173 cm³/mol. The highest BCUT2D eigenvalue weighted by Crippen LogP contribution is 2.51. The van der Waals surface area contributed by atoms with Gasteiger partial charge >= 0.3 is 0 Å². The van der Waals surface area contributed by atoms with Crippen molar-refractivity contribution in [1.29, 1.82) is 0 Å². The van der Waals surface area contributed by atoms with Gasteiger partial charge in [0.2, 0.25) is 0 Å². The molecule has 0 unspecified atom stereocenters. The maximum absolute atomic E-state index is 14.4. The Bertz CT molecular complexity index is 1610. The molecule has 3 heterocycles. The number of ether oxygens (including phenoxy) is 1. The summed E-state index contributed by atoms with van der Waals surface area (Å²) in [5, 5.41) is 3.47. The van der Waals surface area contributed by atoms with Crippen LogP contribution in [0.2, 0.25) is 0 Å². The molecule has 1 aliphatic carbocycles. The van der Waals surface area contributed by atoms with Crippen LogP contribution in [0.3, 0.4) is 0 Å². The monoisotopic (exact) mass is 606 g/mol. The van der Waals surface area contributed by atoms with Gasteiger partial charge in [-0.25, -0.2) is 13.4 Å². The molecule has 43 heavy (non-hydrogen) atoms. The van der Waals surface area contributed by atoms with E-state index < -0.39 is 10.0 Å². The Kier molecular flexibility index (Phi) is 7.98. The number of rotatable bonds is 4. The van der Waals surface area contributed by atoms with E-state index in [-0.39, 0.29) is 37.0 Å². The largest absolute Gasteiger partial charge is 0.491 e. The van der Waals surface area contributed by atoms with Gasteiger partial charge in [0.15, 0.2) is 0 Å². The molecule has 9 heteroatoms. The third-order valence-corrected chi connectivity index (χ3v) is 10.7. The molecule has 0 radical (unpaired) electrons. The van der Waals surface area contributed by atoms with Crippen LogP contribution in [-0.4, -0.2) is 56.0 Å². The number of fused-ring (bicyclic) bond motifs is 4. The van der Waals surface area contributed by atoms with Crippen LogP contribution in [0, 0.1) is 25.2 Å². The average Bonchev–Trinajstić information content (AvgIpc) is 2.95. The maximum atomic E-state index is 14.4.